The lowest BCUT2D eigenvalue weighted by Crippen LogP contribution is -2.49. The molecule has 7 nitrogen and oxygen atoms in total. The van der Waals surface area contributed by atoms with Gasteiger partial charge in [-0.1, -0.05) is 5.16 Å². The third-order valence-corrected chi connectivity index (χ3v) is 3.89. The summed E-state index contributed by atoms with van der Waals surface area (Å²) >= 11 is 0. The van der Waals surface area contributed by atoms with E-state index in [0.717, 1.165) is 38.4 Å². The molecule has 23 heavy (non-hydrogen) atoms. The van der Waals surface area contributed by atoms with E-state index >= 15 is 0 Å². The number of aryl methyl sites for hydroxylation is 1. The third-order valence-electron chi connectivity index (χ3n) is 3.89. The number of likely N-dealkylation sites (tertiary alicyclic amines) is 1. The van der Waals surface area contributed by atoms with Gasteiger partial charge in [-0.15, -0.1) is 24.0 Å². The molecule has 1 aromatic rings. The lowest BCUT2D eigenvalue weighted by atomic mass is 10.0. The van der Waals surface area contributed by atoms with Crippen LogP contribution in [0.2, 0.25) is 0 Å². The standard InChI is InChI=1S/C15H28N6O.HI/c1-5-16-15(17-10-14-18-12(4)20-22-14)19-13-6-8-21(9-7-13)11(2)3;/h11,13H,5-10H2,1-4H3,(H2,16,17,19);1H. The number of piperidine rings is 1. The minimum Gasteiger partial charge on any atom is -0.357 e. The summed E-state index contributed by atoms with van der Waals surface area (Å²) in [4.78, 5) is 11.2. The lowest BCUT2D eigenvalue weighted by Gasteiger charge is -2.35. The normalized spacial score (nSPS) is 17.2. The largest absolute Gasteiger partial charge is 0.357 e. The van der Waals surface area contributed by atoms with Crippen LogP contribution in [0.3, 0.4) is 0 Å². The van der Waals surface area contributed by atoms with Crippen LogP contribution in [0.25, 0.3) is 0 Å². The van der Waals surface area contributed by atoms with Gasteiger partial charge in [-0.3, -0.25) is 0 Å². The van der Waals surface area contributed by atoms with E-state index in [1.165, 1.54) is 0 Å². The van der Waals surface area contributed by atoms with E-state index in [-0.39, 0.29) is 24.0 Å². The quantitative estimate of drug-likeness (QED) is 0.417. The molecule has 2 rings (SSSR count). The van der Waals surface area contributed by atoms with Crippen molar-refractivity contribution in [2.75, 3.05) is 19.6 Å². The number of nitrogens with zero attached hydrogens (tertiary/aromatic N) is 4. The van der Waals surface area contributed by atoms with Gasteiger partial charge in [0.15, 0.2) is 11.8 Å². The number of aromatic nitrogens is 2. The average Bonchev–Trinajstić information content (AvgIpc) is 2.91. The molecule has 0 bridgehead atoms. The van der Waals surface area contributed by atoms with E-state index in [1.54, 1.807) is 0 Å². The van der Waals surface area contributed by atoms with E-state index in [2.05, 4.69) is 51.4 Å². The van der Waals surface area contributed by atoms with Gasteiger partial charge in [-0.25, -0.2) is 4.99 Å². The fourth-order valence-electron chi connectivity index (χ4n) is 2.62. The smallest absolute Gasteiger partial charge is 0.248 e. The molecule has 1 aliphatic rings. The van der Waals surface area contributed by atoms with Gasteiger partial charge in [0.05, 0.1) is 0 Å². The first kappa shape index (κ1) is 20.1. The van der Waals surface area contributed by atoms with Crippen molar-refractivity contribution in [3.05, 3.63) is 11.7 Å². The summed E-state index contributed by atoms with van der Waals surface area (Å²) < 4.78 is 5.09. The van der Waals surface area contributed by atoms with Gasteiger partial charge < -0.3 is 20.1 Å². The van der Waals surface area contributed by atoms with Crippen LogP contribution in [0, 0.1) is 6.92 Å². The van der Waals surface area contributed by atoms with Gasteiger partial charge in [0.2, 0.25) is 5.89 Å². The van der Waals surface area contributed by atoms with Gasteiger partial charge in [0.1, 0.15) is 6.54 Å². The molecule has 0 spiro atoms. The first-order valence-corrected chi connectivity index (χ1v) is 8.16. The molecule has 2 N–H and O–H groups in total. The Bertz CT molecular complexity index is 482. The zero-order chi connectivity index (χ0) is 15.9. The molecule has 0 amide bonds. The predicted octanol–water partition coefficient (Wildman–Crippen LogP) is 1.92. The number of hydrogen-bond donors (Lipinski definition) is 2. The maximum Gasteiger partial charge on any atom is 0.248 e. The minimum absolute atomic E-state index is 0. The van der Waals surface area contributed by atoms with Gasteiger partial charge in [-0.2, -0.15) is 4.98 Å². The highest BCUT2D eigenvalue weighted by Crippen LogP contribution is 2.12. The molecular weight excluding hydrogens is 407 g/mol. The monoisotopic (exact) mass is 436 g/mol. The molecular formula is C15H29IN6O. The van der Waals surface area contributed by atoms with Crippen molar-refractivity contribution in [1.82, 2.24) is 25.7 Å². The van der Waals surface area contributed by atoms with E-state index in [9.17, 15) is 0 Å². The number of rotatable bonds is 5. The molecule has 1 aromatic heterocycles. The Labute approximate surface area is 155 Å². The molecule has 8 heteroatoms. The van der Waals surface area contributed by atoms with Crippen molar-refractivity contribution < 1.29 is 4.52 Å². The first-order chi connectivity index (χ1) is 10.6. The second-order valence-corrected chi connectivity index (χ2v) is 5.98. The fourth-order valence-corrected chi connectivity index (χ4v) is 2.62. The maximum absolute atomic E-state index is 5.09. The summed E-state index contributed by atoms with van der Waals surface area (Å²) in [6, 6.07) is 1.10. The van der Waals surface area contributed by atoms with E-state index < -0.39 is 0 Å². The summed E-state index contributed by atoms with van der Waals surface area (Å²) in [5.41, 5.74) is 0. The maximum atomic E-state index is 5.09. The van der Waals surface area contributed by atoms with Crippen LogP contribution in [-0.2, 0) is 6.54 Å². The Hall–Kier alpha value is -0.900. The van der Waals surface area contributed by atoms with Crippen molar-refractivity contribution in [1.29, 1.82) is 0 Å². The summed E-state index contributed by atoms with van der Waals surface area (Å²) in [6.45, 7) is 11.9. The van der Waals surface area contributed by atoms with Crippen molar-refractivity contribution in [3.63, 3.8) is 0 Å². The average molecular weight is 436 g/mol. The third kappa shape index (κ3) is 6.62. The number of guanidine groups is 1. The second kappa shape index (κ2) is 10.1. The van der Waals surface area contributed by atoms with Crippen LogP contribution in [0.4, 0.5) is 0 Å². The van der Waals surface area contributed by atoms with Crippen molar-refractivity contribution >= 4 is 29.9 Å². The molecule has 0 unspecified atom stereocenters. The summed E-state index contributed by atoms with van der Waals surface area (Å²) in [5, 5.41) is 10.6. The molecule has 0 aromatic carbocycles. The molecule has 0 saturated carbocycles. The highest BCUT2D eigenvalue weighted by atomic mass is 127. The molecule has 2 heterocycles. The number of aliphatic imine (C=N–C) groups is 1. The van der Waals surface area contributed by atoms with Crippen LogP contribution >= 0.6 is 24.0 Å². The molecule has 1 aliphatic heterocycles. The number of halogens is 1. The highest BCUT2D eigenvalue weighted by molar-refractivity contribution is 14.0. The van der Waals surface area contributed by atoms with Crippen molar-refractivity contribution in [2.24, 2.45) is 4.99 Å². The zero-order valence-electron chi connectivity index (χ0n) is 14.5. The summed E-state index contributed by atoms with van der Waals surface area (Å²) in [7, 11) is 0. The van der Waals surface area contributed by atoms with E-state index in [1.807, 2.05) is 6.92 Å². The molecule has 0 aliphatic carbocycles. The molecule has 0 atom stereocenters. The highest BCUT2D eigenvalue weighted by Gasteiger charge is 2.21. The topological polar surface area (TPSA) is 78.6 Å². The van der Waals surface area contributed by atoms with Gasteiger partial charge in [0.25, 0.3) is 0 Å². The van der Waals surface area contributed by atoms with E-state index in [0.29, 0.717) is 30.3 Å². The minimum atomic E-state index is 0. The Morgan fingerprint density at radius 2 is 2.09 bits per heavy atom. The summed E-state index contributed by atoms with van der Waals surface area (Å²) in [6.07, 6.45) is 2.28. The lowest BCUT2D eigenvalue weighted by molar-refractivity contribution is 0.167. The van der Waals surface area contributed by atoms with Crippen molar-refractivity contribution in [3.8, 4) is 0 Å². The van der Waals surface area contributed by atoms with Crippen molar-refractivity contribution in [2.45, 2.75) is 59.2 Å². The summed E-state index contributed by atoms with van der Waals surface area (Å²) in [5.74, 6) is 2.01. The van der Waals surface area contributed by atoms with Crippen LogP contribution < -0.4 is 10.6 Å². The Kier molecular flexibility index (Phi) is 8.82. The zero-order valence-corrected chi connectivity index (χ0v) is 16.8. The number of nitrogens with one attached hydrogen (secondary N) is 2. The van der Waals surface area contributed by atoms with E-state index in [4.69, 9.17) is 4.52 Å². The molecule has 132 valence electrons. The number of hydrogen-bond acceptors (Lipinski definition) is 5. The SMILES string of the molecule is CCNC(=NCc1nc(C)no1)NC1CCN(C(C)C)CC1.I. The fraction of sp³-hybridized carbons (Fsp3) is 0.800. The Morgan fingerprint density at radius 3 is 2.61 bits per heavy atom. The van der Waals surface area contributed by atoms with Crippen LogP contribution in [0.15, 0.2) is 9.52 Å². The predicted molar refractivity (Wildman–Crippen MR) is 102 cm³/mol. The van der Waals surface area contributed by atoms with Crippen LogP contribution in [0.5, 0.6) is 0 Å². The Balaban J connectivity index is 0.00000264. The van der Waals surface area contributed by atoms with Gasteiger partial charge >= 0.3 is 0 Å². The van der Waals surface area contributed by atoms with Crippen LogP contribution in [0.1, 0.15) is 45.3 Å². The van der Waals surface area contributed by atoms with Gasteiger partial charge in [-0.05, 0) is 40.5 Å². The molecule has 1 saturated heterocycles. The first-order valence-electron chi connectivity index (χ1n) is 8.16. The second-order valence-electron chi connectivity index (χ2n) is 5.98. The molecule has 0 radical (unpaired) electrons. The van der Waals surface area contributed by atoms with Crippen LogP contribution in [-0.4, -0.2) is 52.7 Å². The Morgan fingerprint density at radius 1 is 1.39 bits per heavy atom. The van der Waals surface area contributed by atoms with Gasteiger partial charge in [0, 0.05) is 31.7 Å². The molecule has 1 fully saturated rings.